The summed E-state index contributed by atoms with van der Waals surface area (Å²) in [6, 6.07) is 1.74. The highest BCUT2D eigenvalue weighted by Gasteiger charge is 2.21. The molecule has 7 nitrogen and oxygen atoms in total. The third kappa shape index (κ3) is 2.57. The van der Waals surface area contributed by atoms with Crippen LogP contribution in [0.1, 0.15) is 27.6 Å². The second-order valence-corrected chi connectivity index (χ2v) is 3.03. The van der Waals surface area contributed by atoms with E-state index < -0.39 is 27.9 Å². The molecule has 1 N–H and O–H groups in total. The van der Waals surface area contributed by atoms with Crippen LogP contribution in [0.3, 0.4) is 0 Å². The lowest BCUT2D eigenvalue weighted by Crippen LogP contribution is -2.07. The number of non-ortho nitro benzene ring substituents is 1. The quantitative estimate of drug-likeness (QED) is 0.367. The van der Waals surface area contributed by atoms with Crippen molar-refractivity contribution < 1.29 is 24.4 Å². The molecule has 0 heterocycles. The minimum atomic E-state index is -0.920. The SMILES string of the molecule is CCOC(=O)c1cc([N+](=O)[O-])cc(C=O)c1O. The number of ether oxygens (including phenoxy) is 1. The van der Waals surface area contributed by atoms with E-state index in [2.05, 4.69) is 4.74 Å². The van der Waals surface area contributed by atoms with Crippen LogP contribution in [0.2, 0.25) is 0 Å². The van der Waals surface area contributed by atoms with Crippen LogP contribution in [0.15, 0.2) is 12.1 Å². The Morgan fingerprint density at radius 3 is 2.71 bits per heavy atom. The first kappa shape index (κ1) is 12.6. The molecule has 90 valence electrons. The molecule has 0 saturated carbocycles. The Morgan fingerprint density at radius 1 is 1.59 bits per heavy atom. The van der Waals surface area contributed by atoms with Gasteiger partial charge in [0.2, 0.25) is 0 Å². The van der Waals surface area contributed by atoms with Gasteiger partial charge in [0.1, 0.15) is 11.3 Å². The first-order valence-electron chi connectivity index (χ1n) is 4.65. The van der Waals surface area contributed by atoms with Crippen molar-refractivity contribution >= 4 is 17.9 Å². The number of rotatable bonds is 4. The standard InChI is InChI=1S/C10H9NO6/c1-2-17-10(14)8-4-7(11(15)16)3-6(5-12)9(8)13/h3-5,13H,2H2,1H3. The second kappa shape index (κ2) is 5.06. The number of nitro benzene ring substituents is 1. The molecule has 0 aliphatic carbocycles. The van der Waals surface area contributed by atoms with Crippen molar-refractivity contribution in [3.63, 3.8) is 0 Å². The van der Waals surface area contributed by atoms with Crippen LogP contribution in [-0.4, -0.2) is 28.9 Å². The summed E-state index contributed by atoms with van der Waals surface area (Å²) in [4.78, 5) is 31.8. The van der Waals surface area contributed by atoms with Crippen LogP contribution in [0, 0.1) is 10.1 Å². The molecule has 0 aliphatic heterocycles. The first-order chi connectivity index (χ1) is 8.01. The summed E-state index contributed by atoms with van der Waals surface area (Å²) in [5.41, 5.74) is -1.20. The molecule has 0 bridgehead atoms. The van der Waals surface area contributed by atoms with Gasteiger partial charge in [0.25, 0.3) is 5.69 Å². The Balaban J connectivity index is 3.37. The Bertz CT molecular complexity index is 482. The highest BCUT2D eigenvalue weighted by Crippen LogP contribution is 2.27. The molecule has 0 fully saturated rings. The number of hydrogen-bond acceptors (Lipinski definition) is 6. The van der Waals surface area contributed by atoms with E-state index in [9.17, 15) is 24.8 Å². The molecule has 17 heavy (non-hydrogen) atoms. The van der Waals surface area contributed by atoms with Gasteiger partial charge in [0, 0.05) is 12.1 Å². The molecule has 0 atom stereocenters. The van der Waals surface area contributed by atoms with Crippen molar-refractivity contribution in [3.05, 3.63) is 33.4 Å². The zero-order valence-corrected chi connectivity index (χ0v) is 8.87. The van der Waals surface area contributed by atoms with Crippen molar-refractivity contribution in [2.45, 2.75) is 6.92 Å². The molecule has 0 amide bonds. The Morgan fingerprint density at radius 2 is 2.24 bits per heavy atom. The van der Waals surface area contributed by atoms with Crippen molar-refractivity contribution in [2.24, 2.45) is 0 Å². The van der Waals surface area contributed by atoms with Crippen molar-refractivity contribution in [1.82, 2.24) is 0 Å². The van der Waals surface area contributed by atoms with Crippen molar-refractivity contribution in [3.8, 4) is 5.75 Å². The Kier molecular flexibility index (Phi) is 3.76. The smallest absolute Gasteiger partial charge is 0.342 e. The molecule has 0 aliphatic rings. The van der Waals surface area contributed by atoms with Gasteiger partial charge < -0.3 is 9.84 Å². The van der Waals surface area contributed by atoms with Gasteiger partial charge in [-0.25, -0.2) is 4.79 Å². The molecule has 0 aromatic heterocycles. The highest BCUT2D eigenvalue weighted by atomic mass is 16.6. The van der Waals surface area contributed by atoms with E-state index >= 15 is 0 Å². The molecule has 0 saturated heterocycles. The summed E-state index contributed by atoms with van der Waals surface area (Å²) in [5, 5.41) is 20.1. The summed E-state index contributed by atoms with van der Waals surface area (Å²) in [6.07, 6.45) is 0.227. The van der Waals surface area contributed by atoms with Gasteiger partial charge in [0.05, 0.1) is 17.1 Å². The van der Waals surface area contributed by atoms with Crippen LogP contribution < -0.4 is 0 Å². The van der Waals surface area contributed by atoms with Crippen LogP contribution in [0.4, 0.5) is 5.69 Å². The number of aromatic hydroxyl groups is 1. The van der Waals surface area contributed by atoms with Gasteiger partial charge in [-0.05, 0) is 6.92 Å². The molecule has 7 heteroatoms. The van der Waals surface area contributed by atoms with Gasteiger partial charge in [0.15, 0.2) is 6.29 Å². The normalized spacial score (nSPS) is 9.71. The summed E-state index contributed by atoms with van der Waals surface area (Å²) in [5.74, 6) is -1.54. The molecule has 0 radical (unpaired) electrons. The lowest BCUT2D eigenvalue weighted by Gasteiger charge is -2.05. The lowest BCUT2D eigenvalue weighted by atomic mass is 10.1. The summed E-state index contributed by atoms with van der Waals surface area (Å²) >= 11 is 0. The first-order valence-corrected chi connectivity index (χ1v) is 4.65. The van der Waals surface area contributed by atoms with Crippen LogP contribution >= 0.6 is 0 Å². The molecule has 0 spiro atoms. The monoisotopic (exact) mass is 239 g/mol. The fraction of sp³-hybridized carbons (Fsp3) is 0.200. The number of phenolic OH excluding ortho intramolecular Hbond substituents is 1. The van der Waals surface area contributed by atoms with E-state index in [1.54, 1.807) is 6.92 Å². The largest absolute Gasteiger partial charge is 0.506 e. The third-order valence-corrected chi connectivity index (χ3v) is 1.96. The average molecular weight is 239 g/mol. The minimum absolute atomic E-state index is 0.0530. The summed E-state index contributed by atoms with van der Waals surface area (Å²) < 4.78 is 4.61. The number of aldehydes is 1. The fourth-order valence-electron chi connectivity index (χ4n) is 1.20. The molecule has 0 unspecified atom stereocenters. The Hall–Kier alpha value is -2.44. The van der Waals surface area contributed by atoms with E-state index in [1.807, 2.05) is 0 Å². The van der Waals surface area contributed by atoms with E-state index in [-0.39, 0.29) is 18.5 Å². The van der Waals surface area contributed by atoms with Gasteiger partial charge in [-0.1, -0.05) is 0 Å². The topological polar surface area (TPSA) is 107 Å². The second-order valence-electron chi connectivity index (χ2n) is 3.03. The third-order valence-electron chi connectivity index (χ3n) is 1.96. The van der Waals surface area contributed by atoms with Gasteiger partial charge in [-0.2, -0.15) is 0 Å². The highest BCUT2D eigenvalue weighted by molar-refractivity contribution is 5.97. The number of benzene rings is 1. The lowest BCUT2D eigenvalue weighted by molar-refractivity contribution is -0.384. The van der Waals surface area contributed by atoms with Crippen LogP contribution in [0.25, 0.3) is 0 Å². The minimum Gasteiger partial charge on any atom is -0.506 e. The number of nitrogens with zero attached hydrogens (tertiary/aromatic N) is 1. The predicted octanol–water partition coefficient (Wildman–Crippen LogP) is 1.29. The maximum Gasteiger partial charge on any atom is 0.342 e. The fourth-order valence-corrected chi connectivity index (χ4v) is 1.20. The number of carbonyl (C=O) groups excluding carboxylic acids is 2. The molecule has 1 aromatic rings. The van der Waals surface area contributed by atoms with E-state index in [1.165, 1.54) is 0 Å². The zero-order chi connectivity index (χ0) is 13.0. The van der Waals surface area contributed by atoms with Crippen molar-refractivity contribution in [2.75, 3.05) is 6.61 Å². The summed E-state index contributed by atoms with van der Waals surface area (Å²) in [7, 11) is 0. The van der Waals surface area contributed by atoms with Gasteiger partial charge in [-0.15, -0.1) is 0 Å². The van der Waals surface area contributed by atoms with Gasteiger partial charge in [-0.3, -0.25) is 14.9 Å². The van der Waals surface area contributed by atoms with Crippen LogP contribution in [-0.2, 0) is 4.74 Å². The van der Waals surface area contributed by atoms with E-state index in [0.717, 1.165) is 12.1 Å². The molecule has 1 aromatic carbocycles. The number of esters is 1. The van der Waals surface area contributed by atoms with Crippen LogP contribution in [0.5, 0.6) is 5.75 Å². The van der Waals surface area contributed by atoms with E-state index in [0.29, 0.717) is 0 Å². The Labute approximate surface area is 95.8 Å². The molecular weight excluding hydrogens is 230 g/mol. The number of hydrogen-bond donors (Lipinski definition) is 1. The molecular formula is C10H9NO6. The maximum absolute atomic E-state index is 11.4. The molecule has 1 rings (SSSR count). The number of phenols is 1. The summed E-state index contributed by atoms with van der Waals surface area (Å²) in [6.45, 7) is 1.60. The van der Waals surface area contributed by atoms with E-state index in [4.69, 9.17) is 0 Å². The van der Waals surface area contributed by atoms with Gasteiger partial charge >= 0.3 is 5.97 Å². The average Bonchev–Trinajstić information content (AvgIpc) is 2.29. The predicted molar refractivity (Wildman–Crippen MR) is 56.1 cm³/mol. The zero-order valence-electron chi connectivity index (χ0n) is 8.87. The van der Waals surface area contributed by atoms with Crippen molar-refractivity contribution in [1.29, 1.82) is 0 Å². The maximum atomic E-state index is 11.4. The number of carbonyl (C=O) groups is 2. The number of nitro groups is 1.